The Morgan fingerprint density at radius 1 is 1.06 bits per heavy atom. The molecule has 0 saturated carbocycles. The fourth-order valence-electron chi connectivity index (χ4n) is 1.41. The summed E-state index contributed by atoms with van der Waals surface area (Å²) < 4.78 is 10.5. The highest BCUT2D eigenvalue weighted by atomic mass is 16.5. The maximum atomic E-state index is 5.41. The topological polar surface area (TPSA) is 44.2 Å². The third-order valence-electron chi connectivity index (χ3n) is 2.32. The predicted octanol–water partition coefficient (Wildman–Crippen LogP) is 2.11. The van der Waals surface area contributed by atoms with E-state index < -0.39 is 0 Å². The van der Waals surface area contributed by atoms with Gasteiger partial charge in [-0.1, -0.05) is 12.1 Å². The minimum atomic E-state index is 0.418. The van der Waals surface area contributed by atoms with Crippen molar-refractivity contribution in [2.24, 2.45) is 0 Å². The third-order valence-corrected chi connectivity index (χ3v) is 2.32. The van der Waals surface area contributed by atoms with Crippen molar-refractivity contribution in [3.8, 4) is 11.8 Å². The molecule has 17 heavy (non-hydrogen) atoms. The lowest BCUT2D eigenvalue weighted by Gasteiger charge is -2.04. The molecule has 0 fully saturated rings. The van der Waals surface area contributed by atoms with Gasteiger partial charge in [0.1, 0.15) is 5.75 Å². The molecule has 0 bridgehead atoms. The van der Waals surface area contributed by atoms with Gasteiger partial charge in [0.05, 0.1) is 13.7 Å². The molecule has 0 radical (unpaired) electrons. The SMILES string of the molecule is COc1ccc(CCOc2ncccn2)cc1. The first-order valence-corrected chi connectivity index (χ1v) is 5.41. The molecule has 1 aromatic heterocycles. The van der Waals surface area contributed by atoms with Crippen LogP contribution < -0.4 is 9.47 Å². The van der Waals surface area contributed by atoms with E-state index in [-0.39, 0.29) is 0 Å². The molecule has 1 heterocycles. The average Bonchev–Trinajstić information content (AvgIpc) is 2.41. The zero-order valence-corrected chi connectivity index (χ0v) is 9.67. The molecule has 0 aliphatic heterocycles. The minimum absolute atomic E-state index is 0.418. The summed E-state index contributed by atoms with van der Waals surface area (Å²) in [6.07, 6.45) is 4.15. The number of hydrogen-bond donors (Lipinski definition) is 0. The maximum absolute atomic E-state index is 5.41. The van der Waals surface area contributed by atoms with Gasteiger partial charge in [0.2, 0.25) is 0 Å². The summed E-state index contributed by atoms with van der Waals surface area (Å²) in [4.78, 5) is 7.97. The Morgan fingerprint density at radius 2 is 1.76 bits per heavy atom. The summed E-state index contributed by atoms with van der Waals surface area (Å²) in [6, 6.07) is 10.1. The van der Waals surface area contributed by atoms with E-state index >= 15 is 0 Å². The van der Waals surface area contributed by atoms with Crippen LogP contribution >= 0.6 is 0 Å². The van der Waals surface area contributed by atoms with Gasteiger partial charge in [-0.05, 0) is 23.8 Å². The summed E-state index contributed by atoms with van der Waals surface area (Å²) in [5.41, 5.74) is 1.20. The number of rotatable bonds is 5. The Labute approximate surface area is 100 Å². The molecule has 4 heteroatoms. The van der Waals surface area contributed by atoms with Crippen LogP contribution in [0.15, 0.2) is 42.7 Å². The van der Waals surface area contributed by atoms with Gasteiger partial charge in [0.25, 0.3) is 0 Å². The first-order chi connectivity index (χ1) is 8.38. The molecular formula is C13H14N2O2. The molecule has 2 rings (SSSR count). The fraction of sp³-hybridized carbons (Fsp3) is 0.231. The van der Waals surface area contributed by atoms with Crippen molar-refractivity contribution >= 4 is 0 Å². The summed E-state index contributed by atoms with van der Waals surface area (Å²) in [5, 5.41) is 0. The summed E-state index contributed by atoms with van der Waals surface area (Å²) in [5.74, 6) is 0.862. The second-order valence-electron chi connectivity index (χ2n) is 3.48. The van der Waals surface area contributed by atoms with Crippen molar-refractivity contribution in [2.45, 2.75) is 6.42 Å². The number of nitrogens with zero attached hydrogens (tertiary/aromatic N) is 2. The normalized spacial score (nSPS) is 9.94. The van der Waals surface area contributed by atoms with Gasteiger partial charge in [0.15, 0.2) is 0 Å². The van der Waals surface area contributed by atoms with Crippen LogP contribution in [0.1, 0.15) is 5.56 Å². The second-order valence-corrected chi connectivity index (χ2v) is 3.48. The molecule has 0 amide bonds. The lowest BCUT2D eigenvalue weighted by atomic mass is 10.1. The smallest absolute Gasteiger partial charge is 0.316 e. The summed E-state index contributed by atoms with van der Waals surface area (Å²) >= 11 is 0. The van der Waals surface area contributed by atoms with Crippen LogP contribution in [0.5, 0.6) is 11.8 Å². The van der Waals surface area contributed by atoms with Crippen molar-refractivity contribution in [3.05, 3.63) is 48.3 Å². The molecule has 0 aliphatic carbocycles. The maximum Gasteiger partial charge on any atom is 0.316 e. The van der Waals surface area contributed by atoms with Crippen LogP contribution in [0.4, 0.5) is 0 Å². The van der Waals surface area contributed by atoms with Crippen LogP contribution in [-0.4, -0.2) is 23.7 Å². The van der Waals surface area contributed by atoms with E-state index in [0.29, 0.717) is 12.6 Å². The highest BCUT2D eigenvalue weighted by Crippen LogP contribution is 2.11. The van der Waals surface area contributed by atoms with Gasteiger partial charge >= 0.3 is 6.01 Å². The molecule has 0 N–H and O–H groups in total. The molecule has 0 saturated heterocycles. The van der Waals surface area contributed by atoms with Crippen LogP contribution in [-0.2, 0) is 6.42 Å². The van der Waals surface area contributed by atoms with Crippen molar-refractivity contribution in [3.63, 3.8) is 0 Å². The molecule has 0 spiro atoms. The van der Waals surface area contributed by atoms with Gasteiger partial charge in [-0.3, -0.25) is 0 Å². The molecule has 4 nitrogen and oxygen atoms in total. The quantitative estimate of drug-likeness (QED) is 0.789. The van der Waals surface area contributed by atoms with E-state index in [1.807, 2.05) is 24.3 Å². The molecule has 88 valence electrons. The van der Waals surface area contributed by atoms with Crippen molar-refractivity contribution in [1.82, 2.24) is 9.97 Å². The molecule has 0 unspecified atom stereocenters. The van der Waals surface area contributed by atoms with Gasteiger partial charge in [0, 0.05) is 18.8 Å². The van der Waals surface area contributed by atoms with Crippen molar-refractivity contribution in [1.29, 1.82) is 0 Å². The summed E-state index contributed by atoms with van der Waals surface area (Å²) in [7, 11) is 1.66. The van der Waals surface area contributed by atoms with Crippen LogP contribution in [0.25, 0.3) is 0 Å². The van der Waals surface area contributed by atoms with E-state index in [1.54, 1.807) is 25.6 Å². The minimum Gasteiger partial charge on any atom is -0.497 e. The first-order valence-electron chi connectivity index (χ1n) is 5.41. The van der Waals surface area contributed by atoms with Crippen LogP contribution in [0, 0.1) is 0 Å². The fourth-order valence-corrected chi connectivity index (χ4v) is 1.41. The van der Waals surface area contributed by atoms with Gasteiger partial charge in [-0.25, -0.2) is 9.97 Å². The summed E-state index contributed by atoms with van der Waals surface area (Å²) in [6.45, 7) is 0.566. The van der Waals surface area contributed by atoms with E-state index in [4.69, 9.17) is 9.47 Å². The number of hydrogen-bond acceptors (Lipinski definition) is 4. The van der Waals surface area contributed by atoms with Gasteiger partial charge in [-0.15, -0.1) is 0 Å². The molecule has 0 atom stereocenters. The Balaban J connectivity index is 1.82. The van der Waals surface area contributed by atoms with Gasteiger partial charge < -0.3 is 9.47 Å². The molecule has 2 aromatic rings. The van der Waals surface area contributed by atoms with Crippen LogP contribution in [0.2, 0.25) is 0 Å². The predicted molar refractivity (Wildman–Crippen MR) is 64.2 cm³/mol. The molecule has 1 aromatic carbocycles. The van der Waals surface area contributed by atoms with E-state index in [9.17, 15) is 0 Å². The molecular weight excluding hydrogens is 216 g/mol. The lowest BCUT2D eigenvalue weighted by Crippen LogP contribution is -2.03. The van der Waals surface area contributed by atoms with E-state index in [2.05, 4.69) is 9.97 Å². The average molecular weight is 230 g/mol. The number of methoxy groups -OCH3 is 1. The standard InChI is InChI=1S/C13H14N2O2/c1-16-12-5-3-11(4-6-12)7-10-17-13-14-8-2-9-15-13/h2-6,8-9H,7,10H2,1H3. The number of benzene rings is 1. The van der Waals surface area contributed by atoms with Gasteiger partial charge in [-0.2, -0.15) is 0 Å². The van der Waals surface area contributed by atoms with E-state index in [0.717, 1.165) is 12.2 Å². The first kappa shape index (κ1) is 11.4. The Bertz CT molecular complexity index is 443. The zero-order valence-electron chi connectivity index (χ0n) is 9.67. The third kappa shape index (κ3) is 3.45. The van der Waals surface area contributed by atoms with Crippen molar-refractivity contribution in [2.75, 3.05) is 13.7 Å². The molecule has 0 aliphatic rings. The Morgan fingerprint density at radius 3 is 2.41 bits per heavy atom. The monoisotopic (exact) mass is 230 g/mol. The van der Waals surface area contributed by atoms with Crippen LogP contribution in [0.3, 0.4) is 0 Å². The Kier molecular flexibility index (Phi) is 3.91. The largest absolute Gasteiger partial charge is 0.497 e. The Hall–Kier alpha value is -2.10. The highest BCUT2D eigenvalue weighted by molar-refractivity contribution is 5.27. The highest BCUT2D eigenvalue weighted by Gasteiger charge is 1.97. The van der Waals surface area contributed by atoms with Crippen molar-refractivity contribution < 1.29 is 9.47 Å². The zero-order chi connectivity index (χ0) is 11.9. The lowest BCUT2D eigenvalue weighted by molar-refractivity contribution is 0.296. The number of aromatic nitrogens is 2. The number of ether oxygens (including phenoxy) is 2. The second kappa shape index (κ2) is 5.84. The van der Waals surface area contributed by atoms with E-state index in [1.165, 1.54) is 5.56 Å².